The van der Waals surface area contributed by atoms with Gasteiger partial charge in [0.15, 0.2) is 11.0 Å². The number of halogens is 1. The second kappa shape index (κ2) is 5.78. The molecule has 0 N–H and O–H groups in total. The van der Waals surface area contributed by atoms with E-state index in [0.717, 1.165) is 17.0 Å². The smallest absolute Gasteiger partial charge is 0.290 e. The van der Waals surface area contributed by atoms with Crippen LogP contribution in [0.5, 0.6) is 0 Å². The van der Waals surface area contributed by atoms with Crippen LogP contribution in [0, 0.1) is 13.8 Å². The first-order chi connectivity index (χ1) is 10.5. The van der Waals surface area contributed by atoms with Gasteiger partial charge in [-0.25, -0.2) is 0 Å². The Labute approximate surface area is 133 Å². The first kappa shape index (κ1) is 15.1. The molecule has 1 fully saturated rings. The SMILES string of the molecule is Cc1nn(C)c(C)c1C1COCCN1C(=O)c1ccc(Cl)o1. The van der Waals surface area contributed by atoms with Gasteiger partial charge in [-0.15, -0.1) is 0 Å². The van der Waals surface area contributed by atoms with E-state index in [-0.39, 0.29) is 22.9 Å². The van der Waals surface area contributed by atoms with Crippen molar-refractivity contribution in [2.75, 3.05) is 19.8 Å². The van der Waals surface area contributed by atoms with E-state index in [1.807, 2.05) is 25.6 Å². The lowest BCUT2D eigenvalue weighted by Gasteiger charge is -2.35. The molecule has 6 nitrogen and oxygen atoms in total. The first-order valence-electron chi connectivity index (χ1n) is 7.13. The molecule has 7 heteroatoms. The van der Waals surface area contributed by atoms with Crippen LogP contribution in [0.2, 0.25) is 5.22 Å². The lowest BCUT2D eigenvalue weighted by molar-refractivity contribution is -0.00459. The van der Waals surface area contributed by atoms with E-state index in [2.05, 4.69) is 5.10 Å². The molecule has 2 aromatic heterocycles. The summed E-state index contributed by atoms with van der Waals surface area (Å²) >= 11 is 5.78. The molecule has 0 bridgehead atoms. The van der Waals surface area contributed by atoms with Crippen LogP contribution in [0.15, 0.2) is 16.5 Å². The summed E-state index contributed by atoms with van der Waals surface area (Å²) in [6, 6.07) is 3.00. The average Bonchev–Trinajstić information content (AvgIpc) is 3.03. The molecule has 2 aromatic rings. The molecule has 0 saturated carbocycles. The third-order valence-corrected chi connectivity index (χ3v) is 4.27. The molecule has 1 saturated heterocycles. The fraction of sp³-hybridized carbons (Fsp3) is 0.467. The van der Waals surface area contributed by atoms with Gasteiger partial charge in [0.25, 0.3) is 5.91 Å². The van der Waals surface area contributed by atoms with Crippen molar-refractivity contribution in [3.8, 4) is 0 Å². The number of amides is 1. The summed E-state index contributed by atoms with van der Waals surface area (Å²) in [5.74, 6) is 0.0685. The van der Waals surface area contributed by atoms with Crippen molar-refractivity contribution in [3.05, 3.63) is 40.1 Å². The second-order valence-corrected chi connectivity index (χ2v) is 5.77. The van der Waals surface area contributed by atoms with Crippen LogP contribution >= 0.6 is 11.6 Å². The number of nitrogens with zero attached hydrogens (tertiary/aromatic N) is 3. The summed E-state index contributed by atoms with van der Waals surface area (Å²) in [5, 5.41) is 4.65. The van der Waals surface area contributed by atoms with Crippen molar-refractivity contribution < 1.29 is 13.9 Å². The summed E-state index contributed by atoms with van der Waals surface area (Å²) in [6.07, 6.45) is 0. The molecule has 1 unspecified atom stereocenters. The highest BCUT2D eigenvalue weighted by Gasteiger charge is 2.34. The van der Waals surface area contributed by atoms with Crippen molar-refractivity contribution in [2.24, 2.45) is 7.05 Å². The number of hydrogen-bond acceptors (Lipinski definition) is 4. The Morgan fingerprint density at radius 2 is 2.18 bits per heavy atom. The lowest BCUT2D eigenvalue weighted by atomic mass is 10.0. The van der Waals surface area contributed by atoms with Gasteiger partial charge >= 0.3 is 0 Å². The highest BCUT2D eigenvalue weighted by molar-refractivity contribution is 6.29. The van der Waals surface area contributed by atoms with E-state index in [4.69, 9.17) is 20.8 Å². The average molecular weight is 324 g/mol. The standard InChI is InChI=1S/C15H18ClN3O3/c1-9-14(10(2)18(3)17-9)11-8-21-7-6-19(11)15(20)12-4-5-13(16)22-12/h4-5,11H,6-8H2,1-3H3. The summed E-state index contributed by atoms with van der Waals surface area (Å²) in [4.78, 5) is 14.5. The van der Waals surface area contributed by atoms with Gasteiger partial charge in [0.05, 0.1) is 24.9 Å². The maximum atomic E-state index is 12.7. The van der Waals surface area contributed by atoms with Crippen LogP contribution in [-0.4, -0.2) is 40.3 Å². The van der Waals surface area contributed by atoms with Crippen molar-refractivity contribution in [1.29, 1.82) is 0 Å². The molecule has 0 aromatic carbocycles. The number of rotatable bonds is 2. The predicted molar refractivity (Wildman–Crippen MR) is 81.0 cm³/mol. The van der Waals surface area contributed by atoms with Gasteiger partial charge in [-0.3, -0.25) is 9.48 Å². The molecule has 22 heavy (non-hydrogen) atoms. The number of furan rings is 1. The number of morpholine rings is 1. The lowest BCUT2D eigenvalue weighted by Crippen LogP contribution is -2.43. The summed E-state index contributed by atoms with van der Waals surface area (Å²) in [7, 11) is 1.90. The molecule has 1 atom stereocenters. The maximum Gasteiger partial charge on any atom is 0.290 e. The van der Waals surface area contributed by atoms with Crippen LogP contribution in [0.1, 0.15) is 33.5 Å². The fourth-order valence-electron chi connectivity index (χ4n) is 2.93. The molecule has 1 aliphatic heterocycles. The zero-order valence-corrected chi connectivity index (χ0v) is 13.6. The van der Waals surface area contributed by atoms with Gasteiger partial charge in [-0.05, 0) is 37.6 Å². The minimum absolute atomic E-state index is 0.168. The molecule has 0 aliphatic carbocycles. The molecule has 3 heterocycles. The van der Waals surface area contributed by atoms with Crippen molar-refractivity contribution >= 4 is 17.5 Å². The van der Waals surface area contributed by atoms with Gasteiger partial charge in [0, 0.05) is 24.8 Å². The van der Waals surface area contributed by atoms with E-state index in [0.29, 0.717) is 19.8 Å². The van der Waals surface area contributed by atoms with Crippen molar-refractivity contribution in [1.82, 2.24) is 14.7 Å². The number of carbonyl (C=O) groups is 1. The Kier molecular flexibility index (Phi) is 3.97. The maximum absolute atomic E-state index is 12.7. The van der Waals surface area contributed by atoms with Crippen LogP contribution in [-0.2, 0) is 11.8 Å². The quantitative estimate of drug-likeness (QED) is 0.852. The number of hydrogen-bond donors (Lipinski definition) is 0. The van der Waals surface area contributed by atoms with Gasteiger partial charge in [0.2, 0.25) is 0 Å². The molecule has 0 radical (unpaired) electrons. The zero-order chi connectivity index (χ0) is 15.9. The Hall–Kier alpha value is -1.79. The molecule has 1 aliphatic rings. The molecule has 0 spiro atoms. The summed E-state index contributed by atoms with van der Waals surface area (Å²) in [6.45, 7) is 5.41. The van der Waals surface area contributed by atoms with Crippen LogP contribution in [0.25, 0.3) is 0 Å². The third-order valence-electron chi connectivity index (χ3n) is 4.07. The van der Waals surface area contributed by atoms with E-state index in [9.17, 15) is 4.79 Å². The number of aromatic nitrogens is 2. The van der Waals surface area contributed by atoms with Crippen LogP contribution < -0.4 is 0 Å². The number of aryl methyl sites for hydroxylation is 2. The number of carbonyl (C=O) groups excluding carboxylic acids is 1. The fourth-order valence-corrected chi connectivity index (χ4v) is 3.08. The normalized spacial score (nSPS) is 18.7. The Bertz CT molecular complexity index is 707. The van der Waals surface area contributed by atoms with Gasteiger partial charge < -0.3 is 14.1 Å². The highest BCUT2D eigenvalue weighted by Crippen LogP contribution is 2.30. The van der Waals surface area contributed by atoms with Crippen molar-refractivity contribution in [3.63, 3.8) is 0 Å². The van der Waals surface area contributed by atoms with E-state index < -0.39 is 0 Å². The van der Waals surface area contributed by atoms with E-state index in [1.54, 1.807) is 17.0 Å². The van der Waals surface area contributed by atoms with Gasteiger partial charge in [-0.1, -0.05) is 0 Å². The Balaban J connectivity index is 1.96. The topological polar surface area (TPSA) is 60.5 Å². The van der Waals surface area contributed by atoms with Crippen molar-refractivity contribution in [2.45, 2.75) is 19.9 Å². The summed E-state index contributed by atoms with van der Waals surface area (Å²) in [5.41, 5.74) is 2.97. The Morgan fingerprint density at radius 3 is 2.77 bits per heavy atom. The highest BCUT2D eigenvalue weighted by atomic mass is 35.5. The van der Waals surface area contributed by atoms with E-state index in [1.165, 1.54) is 0 Å². The summed E-state index contributed by atoms with van der Waals surface area (Å²) < 4.78 is 12.7. The molecule has 3 rings (SSSR count). The monoisotopic (exact) mass is 323 g/mol. The molecular formula is C15H18ClN3O3. The molecular weight excluding hydrogens is 306 g/mol. The minimum Gasteiger partial charge on any atom is -0.440 e. The predicted octanol–water partition coefficient (Wildman–Crippen LogP) is 2.50. The number of ether oxygens (including phenoxy) is 1. The van der Waals surface area contributed by atoms with Crippen LogP contribution in [0.3, 0.4) is 0 Å². The second-order valence-electron chi connectivity index (χ2n) is 5.40. The molecule has 1 amide bonds. The largest absolute Gasteiger partial charge is 0.440 e. The van der Waals surface area contributed by atoms with Gasteiger partial charge in [-0.2, -0.15) is 5.10 Å². The molecule has 118 valence electrons. The zero-order valence-electron chi connectivity index (χ0n) is 12.8. The first-order valence-corrected chi connectivity index (χ1v) is 7.51. The third kappa shape index (κ3) is 2.53. The van der Waals surface area contributed by atoms with Gasteiger partial charge in [0.1, 0.15) is 0 Å². The Morgan fingerprint density at radius 1 is 1.41 bits per heavy atom. The van der Waals surface area contributed by atoms with Crippen LogP contribution in [0.4, 0.5) is 0 Å². The van der Waals surface area contributed by atoms with E-state index >= 15 is 0 Å². The minimum atomic E-state index is -0.178.